The van der Waals surface area contributed by atoms with E-state index in [4.69, 9.17) is 4.74 Å². The van der Waals surface area contributed by atoms with Crippen LogP contribution in [0.2, 0.25) is 0 Å². The van der Waals surface area contributed by atoms with Gasteiger partial charge in [0.25, 0.3) is 5.91 Å². The van der Waals surface area contributed by atoms with Gasteiger partial charge in [0.15, 0.2) is 12.4 Å². The molecule has 0 atom stereocenters. The van der Waals surface area contributed by atoms with Crippen LogP contribution in [0.25, 0.3) is 0 Å². The summed E-state index contributed by atoms with van der Waals surface area (Å²) >= 11 is 0. The topological polar surface area (TPSA) is 67.4 Å². The van der Waals surface area contributed by atoms with Crippen molar-refractivity contribution in [3.8, 4) is 5.75 Å². The summed E-state index contributed by atoms with van der Waals surface area (Å²) in [5.74, 6) is 0.330. The Hall–Kier alpha value is -2.82. The molecule has 114 valence electrons. The number of benzene rings is 2. The molecule has 0 saturated carbocycles. The number of anilines is 1. The van der Waals surface area contributed by atoms with Gasteiger partial charge in [0.1, 0.15) is 5.75 Å². The smallest absolute Gasteiger partial charge is 0.276 e. The summed E-state index contributed by atoms with van der Waals surface area (Å²) in [6, 6.07) is 16.1. The van der Waals surface area contributed by atoms with Gasteiger partial charge in [0.2, 0.25) is 0 Å². The van der Waals surface area contributed by atoms with E-state index < -0.39 is 0 Å². The molecule has 2 rings (SSSR count). The van der Waals surface area contributed by atoms with Gasteiger partial charge in [0, 0.05) is 12.0 Å². The fourth-order valence-corrected chi connectivity index (χ4v) is 1.79. The van der Waals surface area contributed by atoms with Crippen molar-refractivity contribution in [2.45, 2.75) is 13.3 Å². The number of carbonyl (C=O) groups excluding carboxylic acids is 2. The molecular formula is C17H18N2O3. The fraction of sp³-hybridized carbons (Fsp3) is 0.176. The highest BCUT2D eigenvalue weighted by Gasteiger charge is 2.05. The average molecular weight is 298 g/mol. The number of rotatable bonds is 7. The lowest BCUT2D eigenvalue weighted by atomic mass is 10.1. The Morgan fingerprint density at radius 1 is 1.00 bits per heavy atom. The molecule has 0 heterocycles. The summed E-state index contributed by atoms with van der Waals surface area (Å²) in [5.41, 5.74) is 6.76. The highest BCUT2D eigenvalue weighted by atomic mass is 16.5. The first-order chi connectivity index (χ1) is 10.7. The van der Waals surface area contributed by atoms with Gasteiger partial charge < -0.3 is 4.74 Å². The SMILES string of the molecule is CCC(=O)c1ccc(OCC(=O)NNc2ccccc2)cc1. The van der Waals surface area contributed by atoms with Crippen LogP contribution >= 0.6 is 0 Å². The van der Waals surface area contributed by atoms with E-state index in [0.717, 1.165) is 5.69 Å². The maximum absolute atomic E-state index is 11.7. The maximum atomic E-state index is 11.7. The van der Waals surface area contributed by atoms with Crippen LogP contribution in [0.5, 0.6) is 5.75 Å². The van der Waals surface area contributed by atoms with E-state index >= 15 is 0 Å². The third-order valence-corrected chi connectivity index (χ3v) is 2.99. The summed E-state index contributed by atoms with van der Waals surface area (Å²) in [7, 11) is 0. The van der Waals surface area contributed by atoms with Gasteiger partial charge in [-0.2, -0.15) is 0 Å². The number of hydrogen-bond acceptors (Lipinski definition) is 4. The Bertz CT molecular complexity index is 624. The van der Waals surface area contributed by atoms with Gasteiger partial charge in [-0.05, 0) is 36.4 Å². The molecule has 0 aliphatic rings. The van der Waals surface area contributed by atoms with Crippen LogP contribution in [0.1, 0.15) is 23.7 Å². The Balaban J connectivity index is 1.77. The standard InChI is InChI=1S/C17H18N2O3/c1-2-16(20)13-8-10-15(11-9-13)22-12-17(21)19-18-14-6-4-3-5-7-14/h3-11,18H,2,12H2,1H3,(H,19,21). The maximum Gasteiger partial charge on any atom is 0.276 e. The summed E-state index contributed by atoms with van der Waals surface area (Å²) in [6.07, 6.45) is 0.466. The van der Waals surface area contributed by atoms with Crippen molar-refractivity contribution in [3.63, 3.8) is 0 Å². The molecule has 0 aromatic heterocycles. The molecule has 22 heavy (non-hydrogen) atoms. The molecule has 2 N–H and O–H groups in total. The van der Waals surface area contributed by atoms with Crippen LogP contribution in [0.3, 0.4) is 0 Å². The zero-order valence-corrected chi connectivity index (χ0v) is 12.3. The minimum Gasteiger partial charge on any atom is -0.484 e. The Labute approximate surface area is 129 Å². The minimum absolute atomic E-state index is 0.0800. The lowest BCUT2D eigenvalue weighted by molar-refractivity contribution is -0.122. The molecule has 0 unspecified atom stereocenters. The molecule has 0 aliphatic heterocycles. The number of nitrogens with one attached hydrogen (secondary N) is 2. The van der Waals surface area contributed by atoms with Crippen LogP contribution in [-0.4, -0.2) is 18.3 Å². The molecule has 0 radical (unpaired) electrons. The highest BCUT2D eigenvalue weighted by Crippen LogP contribution is 2.13. The van der Waals surface area contributed by atoms with Gasteiger partial charge in [-0.25, -0.2) is 0 Å². The molecule has 0 fully saturated rings. The lowest BCUT2D eigenvalue weighted by Crippen LogP contribution is -2.33. The first-order valence-corrected chi connectivity index (χ1v) is 7.05. The van der Waals surface area contributed by atoms with E-state index in [1.54, 1.807) is 24.3 Å². The van der Waals surface area contributed by atoms with Crippen molar-refractivity contribution in [1.29, 1.82) is 0 Å². The zero-order valence-electron chi connectivity index (χ0n) is 12.3. The summed E-state index contributed by atoms with van der Waals surface area (Å²) in [5, 5.41) is 0. The number of carbonyl (C=O) groups is 2. The van der Waals surface area contributed by atoms with E-state index in [9.17, 15) is 9.59 Å². The normalized spacial score (nSPS) is 9.86. The minimum atomic E-state index is -0.294. The van der Waals surface area contributed by atoms with Gasteiger partial charge >= 0.3 is 0 Å². The first kappa shape index (κ1) is 15.6. The number of ether oxygens (including phenoxy) is 1. The van der Waals surface area contributed by atoms with E-state index in [0.29, 0.717) is 17.7 Å². The highest BCUT2D eigenvalue weighted by molar-refractivity contribution is 5.95. The molecule has 5 nitrogen and oxygen atoms in total. The summed E-state index contributed by atoms with van der Waals surface area (Å²) in [6.45, 7) is 1.71. The summed E-state index contributed by atoms with van der Waals surface area (Å²) in [4.78, 5) is 23.2. The van der Waals surface area contributed by atoms with E-state index in [2.05, 4.69) is 10.9 Å². The van der Waals surface area contributed by atoms with Crippen molar-refractivity contribution in [2.75, 3.05) is 12.0 Å². The summed E-state index contributed by atoms with van der Waals surface area (Å²) < 4.78 is 5.36. The van der Waals surface area contributed by atoms with E-state index in [-0.39, 0.29) is 18.3 Å². The van der Waals surface area contributed by atoms with Crippen molar-refractivity contribution in [3.05, 3.63) is 60.2 Å². The molecule has 0 saturated heterocycles. The predicted molar refractivity (Wildman–Crippen MR) is 84.8 cm³/mol. The van der Waals surface area contributed by atoms with Gasteiger partial charge in [-0.15, -0.1) is 0 Å². The van der Waals surface area contributed by atoms with Crippen molar-refractivity contribution >= 4 is 17.4 Å². The molecule has 0 spiro atoms. The molecule has 1 amide bonds. The number of Topliss-reactive ketones (excluding diaryl/α,β-unsaturated/α-hetero) is 1. The number of hydrogen-bond donors (Lipinski definition) is 2. The monoisotopic (exact) mass is 298 g/mol. The van der Waals surface area contributed by atoms with Crippen LogP contribution in [0.15, 0.2) is 54.6 Å². The fourth-order valence-electron chi connectivity index (χ4n) is 1.79. The molecule has 2 aromatic rings. The number of para-hydroxylation sites is 1. The molecule has 0 aliphatic carbocycles. The Kier molecular flexibility index (Phi) is 5.54. The van der Waals surface area contributed by atoms with Gasteiger partial charge in [-0.1, -0.05) is 25.1 Å². The lowest BCUT2D eigenvalue weighted by Gasteiger charge is -2.09. The quantitative estimate of drug-likeness (QED) is 0.609. The Morgan fingerprint density at radius 2 is 1.68 bits per heavy atom. The van der Waals surface area contributed by atoms with Crippen molar-refractivity contribution in [2.24, 2.45) is 0 Å². The Morgan fingerprint density at radius 3 is 2.32 bits per heavy atom. The van der Waals surface area contributed by atoms with Crippen LogP contribution in [-0.2, 0) is 4.79 Å². The van der Waals surface area contributed by atoms with Crippen LogP contribution in [0.4, 0.5) is 5.69 Å². The largest absolute Gasteiger partial charge is 0.484 e. The van der Waals surface area contributed by atoms with Crippen molar-refractivity contribution < 1.29 is 14.3 Å². The average Bonchev–Trinajstić information content (AvgIpc) is 2.58. The predicted octanol–water partition coefficient (Wildman–Crippen LogP) is 2.80. The third kappa shape index (κ3) is 4.63. The van der Waals surface area contributed by atoms with Crippen LogP contribution < -0.4 is 15.6 Å². The number of hydrazine groups is 1. The zero-order chi connectivity index (χ0) is 15.8. The van der Waals surface area contributed by atoms with Crippen molar-refractivity contribution in [1.82, 2.24) is 5.43 Å². The second-order valence-electron chi connectivity index (χ2n) is 4.63. The molecule has 5 heteroatoms. The van der Waals surface area contributed by atoms with E-state index in [1.165, 1.54) is 0 Å². The molecular weight excluding hydrogens is 280 g/mol. The van der Waals surface area contributed by atoms with Gasteiger partial charge in [0.05, 0.1) is 5.69 Å². The third-order valence-electron chi connectivity index (χ3n) is 2.99. The number of amides is 1. The number of ketones is 1. The molecule has 2 aromatic carbocycles. The van der Waals surface area contributed by atoms with E-state index in [1.807, 2.05) is 37.3 Å². The molecule has 0 bridgehead atoms. The van der Waals surface area contributed by atoms with Gasteiger partial charge in [-0.3, -0.25) is 20.4 Å². The first-order valence-electron chi connectivity index (χ1n) is 7.05. The second-order valence-corrected chi connectivity index (χ2v) is 4.63. The van der Waals surface area contributed by atoms with Crippen LogP contribution in [0, 0.1) is 0 Å². The second kappa shape index (κ2) is 7.83.